The number of aromatic nitrogens is 2. The molecule has 3 amide bonds. The first-order valence-corrected chi connectivity index (χ1v) is 11.0. The second-order valence-electron chi connectivity index (χ2n) is 8.35. The highest BCUT2D eigenvalue weighted by Crippen LogP contribution is 2.54. The molecule has 2 aromatic rings. The average Bonchev–Trinajstić information content (AvgIpc) is 3.47. The zero-order valence-electron chi connectivity index (χ0n) is 16.7. The summed E-state index contributed by atoms with van der Waals surface area (Å²) >= 11 is 1.29. The molecule has 1 saturated heterocycles. The molecule has 1 aromatic carbocycles. The Morgan fingerprint density at radius 3 is 2.30 bits per heavy atom. The highest BCUT2D eigenvalue weighted by molar-refractivity contribution is 7.15. The molecule has 1 aliphatic heterocycles. The fourth-order valence-electron chi connectivity index (χ4n) is 5.07. The van der Waals surface area contributed by atoms with Crippen molar-refractivity contribution in [3.05, 3.63) is 52.6 Å². The first-order valence-electron chi connectivity index (χ1n) is 10.1. The number of carbonyl (C=O) groups is 3. The lowest BCUT2D eigenvalue weighted by molar-refractivity contribution is -0.144. The van der Waals surface area contributed by atoms with Crippen LogP contribution in [0, 0.1) is 37.5 Å². The van der Waals surface area contributed by atoms with Crippen LogP contribution in [0.4, 0.5) is 5.13 Å². The normalized spacial score (nSPS) is 27.6. The van der Waals surface area contributed by atoms with Crippen molar-refractivity contribution >= 4 is 34.2 Å². The molecule has 2 fully saturated rings. The number of benzene rings is 1. The number of nitrogens with one attached hydrogen (secondary N) is 1. The molecule has 0 radical (unpaired) electrons. The lowest BCUT2D eigenvalue weighted by Gasteiger charge is -2.28. The van der Waals surface area contributed by atoms with Gasteiger partial charge in [0.25, 0.3) is 0 Å². The molecule has 0 spiro atoms. The minimum Gasteiger partial charge on any atom is -0.300 e. The van der Waals surface area contributed by atoms with Gasteiger partial charge in [-0.05, 0) is 37.7 Å². The molecule has 1 aromatic heterocycles. The predicted molar refractivity (Wildman–Crippen MR) is 111 cm³/mol. The Hall–Kier alpha value is -2.87. The maximum absolute atomic E-state index is 13.3. The lowest BCUT2D eigenvalue weighted by atomic mass is 9.85. The van der Waals surface area contributed by atoms with Gasteiger partial charge in [-0.25, -0.2) is 0 Å². The molecule has 8 heteroatoms. The van der Waals surface area contributed by atoms with Crippen LogP contribution in [0.1, 0.15) is 35.0 Å². The molecule has 5 rings (SSSR count). The van der Waals surface area contributed by atoms with Crippen LogP contribution >= 0.6 is 11.3 Å². The molecule has 1 N–H and O–H groups in total. The van der Waals surface area contributed by atoms with Gasteiger partial charge in [0.2, 0.25) is 22.9 Å². The summed E-state index contributed by atoms with van der Waals surface area (Å²) in [5.74, 6) is -0.880. The number of hydrogen-bond donors (Lipinski definition) is 1. The molecular weight excluding hydrogens is 400 g/mol. The number of carbonyl (C=O) groups excluding carboxylic acids is 3. The van der Waals surface area contributed by atoms with Crippen molar-refractivity contribution in [1.82, 2.24) is 15.1 Å². The Bertz CT molecular complexity index is 1030. The minimum absolute atomic E-state index is 0.0125. The number of rotatable bonds is 5. The van der Waals surface area contributed by atoms with Crippen molar-refractivity contribution in [2.24, 2.45) is 23.7 Å². The highest BCUT2D eigenvalue weighted by atomic mass is 32.1. The van der Waals surface area contributed by atoms with E-state index in [-0.39, 0.29) is 47.8 Å². The third kappa shape index (κ3) is 3.06. The van der Waals surface area contributed by atoms with E-state index in [1.165, 1.54) is 16.2 Å². The summed E-state index contributed by atoms with van der Waals surface area (Å²) in [4.78, 5) is 40.8. The van der Waals surface area contributed by atoms with E-state index in [2.05, 4.69) is 27.7 Å². The fourth-order valence-corrected chi connectivity index (χ4v) is 5.68. The Morgan fingerprint density at radius 1 is 1.10 bits per heavy atom. The average molecular weight is 423 g/mol. The molecule has 2 bridgehead atoms. The standard InChI is InChI=1S/C22H22N4O3S/c1-11-3-5-13(6-4-11)16(10-17(27)23-22-25-24-12(2)30-22)26-20(28)18-14-7-8-15(9-14)19(18)21(26)29/h3-8,14-16,18-19H,9-10H2,1-2H3,(H,23,25,27). The third-order valence-electron chi connectivity index (χ3n) is 6.43. The third-order valence-corrected chi connectivity index (χ3v) is 7.18. The van der Waals surface area contributed by atoms with Crippen molar-refractivity contribution in [2.75, 3.05) is 5.32 Å². The van der Waals surface area contributed by atoms with E-state index in [4.69, 9.17) is 0 Å². The fraction of sp³-hybridized carbons (Fsp3) is 0.409. The smallest absolute Gasteiger partial charge is 0.234 e. The number of fused-ring (bicyclic) bond motifs is 5. The van der Waals surface area contributed by atoms with Gasteiger partial charge in [0.05, 0.1) is 24.3 Å². The molecule has 30 heavy (non-hydrogen) atoms. The molecule has 5 atom stereocenters. The van der Waals surface area contributed by atoms with Gasteiger partial charge in [-0.1, -0.05) is 53.3 Å². The summed E-state index contributed by atoms with van der Waals surface area (Å²) in [5.41, 5.74) is 1.86. The minimum atomic E-state index is -0.635. The van der Waals surface area contributed by atoms with Gasteiger partial charge in [-0.2, -0.15) is 0 Å². The molecule has 3 aliphatic rings. The van der Waals surface area contributed by atoms with E-state index in [1.54, 1.807) is 0 Å². The van der Waals surface area contributed by atoms with E-state index in [1.807, 2.05) is 38.1 Å². The van der Waals surface area contributed by atoms with Gasteiger partial charge >= 0.3 is 0 Å². The second kappa shape index (κ2) is 7.12. The number of hydrogen-bond acceptors (Lipinski definition) is 6. The van der Waals surface area contributed by atoms with Crippen molar-refractivity contribution in [3.8, 4) is 0 Å². The Morgan fingerprint density at radius 2 is 1.73 bits per heavy atom. The topological polar surface area (TPSA) is 92.3 Å². The number of imide groups is 1. The van der Waals surface area contributed by atoms with Gasteiger partial charge in [0.15, 0.2) is 0 Å². The largest absolute Gasteiger partial charge is 0.300 e. The second-order valence-corrected chi connectivity index (χ2v) is 9.53. The first-order chi connectivity index (χ1) is 14.4. The van der Waals surface area contributed by atoms with Crippen molar-refractivity contribution in [2.45, 2.75) is 32.7 Å². The van der Waals surface area contributed by atoms with Crippen LogP contribution in [0.5, 0.6) is 0 Å². The molecule has 2 aliphatic carbocycles. The van der Waals surface area contributed by atoms with Gasteiger partial charge in [-0.3, -0.25) is 19.3 Å². The van der Waals surface area contributed by atoms with Crippen LogP contribution < -0.4 is 5.32 Å². The maximum atomic E-state index is 13.3. The van der Waals surface area contributed by atoms with Crippen LogP contribution in [-0.2, 0) is 14.4 Å². The Labute approximate surface area is 178 Å². The zero-order chi connectivity index (χ0) is 21.0. The van der Waals surface area contributed by atoms with Crippen LogP contribution in [0.15, 0.2) is 36.4 Å². The lowest BCUT2D eigenvalue weighted by Crippen LogP contribution is -2.38. The maximum Gasteiger partial charge on any atom is 0.234 e. The van der Waals surface area contributed by atoms with Gasteiger partial charge < -0.3 is 5.32 Å². The van der Waals surface area contributed by atoms with E-state index < -0.39 is 6.04 Å². The molecular formula is C22H22N4O3S. The van der Waals surface area contributed by atoms with E-state index >= 15 is 0 Å². The van der Waals surface area contributed by atoms with Gasteiger partial charge in [0, 0.05) is 0 Å². The van der Waals surface area contributed by atoms with E-state index in [0.29, 0.717) is 5.13 Å². The molecule has 154 valence electrons. The summed E-state index contributed by atoms with van der Waals surface area (Å²) in [6.07, 6.45) is 5.02. The number of likely N-dealkylation sites (tertiary alicyclic amines) is 1. The summed E-state index contributed by atoms with van der Waals surface area (Å²) in [5, 5.41) is 11.8. The molecule has 1 saturated carbocycles. The highest BCUT2D eigenvalue weighted by Gasteiger charge is 2.60. The van der Waals surface area contributed by atoms with Crippen molar-refractivity contribution in [3.63, 3.8) is 0 Å². The van der Waals surface area contributed by atoms with E-state index in [9.17, 15) is 14.4 Å². The van der Waals surface area contributed by atoms with Gasteiger partial charge in [0.1, 0.15) is 5.01 Å². The summed E-state index contributed by atoms with van der Waals surface area (Å²) < 4.78 is 0. The monoisotopic (exact) mass is 422 g/mol. The van der Waals surface area contributed by atoms with Crippen LogP contribution in [0.2, 0.25) is 0 Å². The van der Waals surface area contributed by atoms with Gasteiger partial charge in [-0.15, -0.1) is 10.2 Å². The predicted octanol–water partition coefficient (Wildman–Crippen LogP) is 3.03. The number of aryl methyl sites for hydroxylation is 2. The summed E-state index contributed by atoms with van der Waals surface area (Å²) in [6, 6.07) is 7.02. The van der Waals surface area contributed by atoms with E-state index in [0.717, 1.165) is 22.6 Å². The van der Waals surface area contributed by atoms with Crippen molar-refractivity contribution < 1.29 is 14.4 Å². The number of anilines is 1. The van der Waals surface area contributed by atoms with Crippen LogP contribution in [0.25, 0.3) is 0 Å². The molecule has 2 heterocycles. The molecule has 5 unspecified atom stereocenters. The Kier molecular flexibility index (Phi) is 4.54. The Balaban J connectivity index is 1.44. The molecule has 7 nitrogen and oxygen atoms in total. The number of allylic oxidation sites excluding steroid dienone is 2. The first kappa shape index (κ1) is 19.1. The van der Waals surface area contributed by atoms with Crippen molar-refractivity contribution in [1.29, 1.82) is 0 Å². The summed E-state index contributed by atoms with van der Waals surface area (Å²) in [7, 11) is 0. The van der Waals surface area contributed by atoms with Crippen LogP contribution in [-0.4, -0.2) is 32.8 Å². The summed E-state index contributed by atoms with van der Waals surface area (Å²) in [6.45, 7) is 3.79. The van der Waals surface area contributed by atoms with Crippen LogP contribution in [0.3, 0.4) is 0 Å². The SMILES string of the molecule is Cc1ccc(C(CC(=O)Nc2nnc(C)s2)N2C(=O)C3C4C=CC(C4)C3C2=O)cc1. The number of nitrogens with zero attached hydrogens (tertiary/aromatic N) is 3. The zero-order valence-corrected chi connectivity index (χ0v) is 17.6. The quantitative estimate of drug-likeness (QED) is 0.591. The number of amides is 3.